The Bertz CT molecular complexity index is 1310. The minimum atomic E-state index is 0. The second-order valence-electron chi connectivity index (χ2n) is 16.9. The second-order valence-corrected chi connectivity index (χ2v) is 19.4. The van der Waals surface area contributed by atoms with Gasteiger partial charge in [-0.2, -0.15) is 35.4 Å². The van der Waals surface area contributed by atoms with Crippen LogP contribution in [0.15, 0.2) is 48.1 Å². The molecule has 44 heavy (non-hydrogen) atoms. The molecule has 3 heteroatoms. The summed E-state index contributed by atoms with van der Waals surface area (Å²) < 4.78 is 1.51. The summed E-state index contributed by atoms with van der Waals surface area (Å²) in [7, 11) is 0. The van der Waals surface area contributed by atoms with E-state index in [1.54, 1.807) is 43.5 Å². The van der Waals surface area contributed by atoms with Crippen LogP contribution in [0.4, 0.5) is 0 Å². The first-order valence-corrected chi connectivity index (χ1v) is 17.7. The zero-order valence-electron chi connectivity index (χ0n) is 29.0. The molecule has 6 aliphatic rings. The third kappa shape index (κ3) is 7.85. The van der Waals surface area contributed by atoms with Crippen LogP contribution in [-0.4, -0.2) is 3.21 Å². The van der Waals surface area contributed by atoms with Crippen LogP contribution in [0.3, 0.4) is 0 Å². The quantitative estimate of drug-likeness (QED) is 0.315. The maximum atomic E-state index is 3.53. The van der Waals surface area contributed by atoms with Crippen molar-refractivity contribution in [2.24, 2.45) is 28.6 Å². The SMILES string of the molecule is CC(C)(C)c1c[c-]c2c(c1)-c1cc(C(C)(C)C)ccc1C2.CC1=CC(C)(C23CC4CC(CC(C4)C2)C3)C=[C-]1.C[C](C)=[Zr+2].[Cl-].[Cl-]. The first-order valence-electron chi connectivity index (χ1n) is 16.5. The summed E-state index contributed by atoms with van der Waals surface area (Å²) in [5.41, 5.74) is 11.1. The second kappa shape index (κ2) is 13.8. The molecular weight excluding hydrogens is 655 g/mol. The molecule has 0 N–H and O–H groups in total. The van der Waals surface area contributed by atoms with Gasteiger partial charge >= 0.3 is 41.3 Å². The molecule has 0 aromatic heterocycles. The van der Waals surface area contributed by atoms with E-state index in [4.69, 9.17) is 0 Å². The Morgan fingerprint density at radius 1 is 0.818 bits per heavy atom. The summed E-state index contributed by atoms with van der Waals surface area (Å²) in [6, 6.07) is 15.1. The maximum Gasteiger partial charge on any atom is -1.00 e. The minimum absolute atomic E-state index is 0. The Morgan fingerprint density at radius 3 is 1.77 bits per heavy atom. The van der Waals surface area contributed by atoms with Gasteiger partial charge in [0.1, 0.15) is 0 Å². The fourth-order valence-corrected chi connectivity index (χ4v) is 8.86. The van der Waals surface area contributed by atoms with Crippen LogP contribution in [-0.2, 0) is 41.5 Å². The van der Waals surface area contributed by atoms with Gasteiger partial charge in [0.05, 0.1) is 0 Å². The number of halogens is 2. The van der Waals surface area contributed by atoms with Gasteiger partial charge in [0.25, 0.3) is 0 Å². The Morgan fingerprint density at radius 2 is 1.32 bits per heavy atom. The van der Waals surface area contributed by atoms with Crippen LogP contribution in [0.25, 0.3) is 11.1 Å². The molecule has 0 amide bonds. The largest absolute Gasteiger partial charge is 1.00 e. The fraction of sp³-hybridized carbons (Fsp3) is 0.585. The predicted molar refractivity (Wildman–Crippen MR) is 178 cm³/mol. The third-order valence-electron chi connectivity index (χ3n) is 10.8. The van der Waals surface area contributed by atoms with E-state index >= 15 is 0 Å². The van der Waals surface area contributed by atoms with E-state index in [1.165, 1.54) is 61.4 Å². The van der Waals surface area contributed by atoms with E-state index in [9.17, 15) is 0 Å². The van der Waals surface area contributed by atoms with Crippen molar-refractivity contribution >= 4 is 3.21 Å². The topological polar surface area (TPSA) is 0 Å². The molecule has 4 bridgehead atoms. The van der Waals surface area contributed by atoms with E-state index < -0.39 is 0 Å². The number of benzene rings is 2. The average molecular weight is 709 g/mol. The fourth-order valence-electron chi connectivity index (χ4n) is 8.86. The van der Waals surface area contributed by atoms with Crippen molar-refractivity contribution in [1.82, 2.24) is 0 Å². The molecule has 0 saturated heterocycles. The van der Waals surface area contributed by atoms with Crippen LogP contribution >= 0.6 is 0 Å². The minimum Gasteiger partial charge on any atom is -1.00 e. The standard InChI is InChI=1S/C21H25.C17H23.C3H6.2ClH.Zr/c1-20(2,3)16-9-7-14-11-15-8-10-17(21(4,5)6)13-19(15)18(14)12-16;1-12-3-4-16(2,8-12)17-9-13-5-14(10-17)7-15(6-13)11-17;1-3-2;;;/h7,9-10,12-13H,11H2,1-6H3;4,8,13-15H,5-7,9-11H2,1-2H3;1-2H3;2*1H;/q2*-1;;;;+2/p-2. The Balaban J connectivity index is 0.000000209. The molecule has 238 valence electrons. The molecule has 1 atom stereocenters. The smallest absolute Gasteiger partial charge is 1.00 e. The van der Waals surface area contributed by atoms with Crippen molar-refractivity contribution < 1.29 is 49.0 Å². The molecule has 0 heterocycles. The van der Waals surface area contributed by atoms with Crippen molar-refractivity contribution in [2.45, 2.75) is 125 Å². The van der Waals surface area contributed by atoms with Gasteiger partial charge in [-0.1, -0.05) is 95.5 Å². The average Bonchev–Trinajstić information content (AvgIpc) is 3.41. The molecule has 6 aliphatic carbocycles. The molecule has 8 rings (SSSR count). The van der Waals surface area contributed by atoms with Crippen molar-refractivity contribution in [3.05, 3.63) is 82.5 Å². The summed E-state index contributed by atoms with van der Waals surface area (Å²) in [6.07, 6.45) is 18.5. The zero-order chi connectivity index (χ0) is 30.7. The molecule has 4 fully saturated rings. The Hall–Kier alpha value is -0.747. The Labute approximate surface area is 297 Å². The van der Waals surface area contributed by atoms with Gasteiger partial charge in [-0.3, -0.25) is 6.08 Å². The molecule has 0 aliphatic heterocycles. The van der Waals surface area contributed by atoms with E-state index in [-0.39, 0.29) is 35.6 Å². The van der Waals surface area contributed by atoms with Gasteiger partial charge < -0.3 is 24.8 Å². The van der Waals surface area contributed by atoms with Gasteiger partial charge in [0.15, 0.2) is 0 Å². The molecule has 0 nitrogen and oxygen atoms in total. The first kappa shape index (κ1) is 37.7. The van der Waals surface area contributed by atoms with Crippen LogP contribution in [0.2, 0.25) is 0 Å². The summed E-state index contributed by atoms with van der Waals surface area (Å²) in [5, 5.41) is 0. The summed E-state index contributed by atoms with van der Waals surface area (Å²) in [4.78, 5) is 0. The van der Waals surface area contributed by atoms with E-state index in [0.717, 1.165) is 24.2 Å². The van der Waals surface area contributed by atoms with Crippen LogP contribution in [0.5, 0.6) is 0 Å². The monoisotopic (exact) mass is 706 g/mol. The molecule has 4 saturated carbocycles. The van der Waals surface area contributed by atoms with Crippen LogP contribution in [0.1, 0.15) is 130 Å². The summed E-state index contributed by atoms with van der Waals surface area (Å²) in [6.45, 7) is 22.6. The van der Waals surface area contributed by atoms with Crippen molar-refractivity contribution in [3.63, 3.8) is 0 Å². The number of hydrogen-bond acceptors (Lipinski definition) is 0. The van der Waals surface area contributed by atoms with Gasteiger partial charge in [-0.25, -0.2) is 11.6 Å². The van der Waals surface area contributed by atoms with Crippen LogP contribution in [0, 0.1) is 40.7 Å². The zero-order valence-corrected chi connectivity index (χ0v) is 32.9. The van der Waals surface area contributed by atoms with Gasteiger partial charge in [-0.05, 0) is 79.1 Å². The summed E-state index contributed by atoms with van der Waals surface area (Å²) >= 11 is 1.55. The number of allylic oxidation sites excluding steroid dienone is 4. The van der Waals surface area contributed by atoms with Crippen molar-refractivity contribution in [3.8, 4) is 11.1 Å². The molecule has 2 aromatic carbocycles. The van der Waals surface area contributed by atoms with Crippen molar-refractivity contribution in [2.75, 3.05) is 0 Å². The van der Waals surface area contributed by atoms with E-state index in [2.05, 4.69) is 124 Å². The molecule has 1 unspecified atom stereocenters. The maximum absolute atomic E-state index is 3.53. The number of fused-ring (bicyclic) bond motifs is 3. The number of hydrogen-bond donors (Lipinski definition) is 0. The van der Waals surface area contributed by atoms with Crippen LogP contribution < -0.4 is 24.8 Å². The van der Waals surface area contributed by atoms with E-state index in [0.29, 0.717) is 10.8 Å². The predicted octanol–water partition coefficient (Wildman–Crippen LogP) is 4.93. The molecule has 0 spiro atoms. The van der Waals surface area contributed by atoms with E-state index in [1.807, 2.05) is 0 Å². The normalized spacial score (nSPS) is 28.7. The molecule has 0 radical (unpaired) electrons. The van der Waals surface area contributed by atoms with Gasteiger partial charge in [0, 0.05) is 0 Å². The molecular formula is C41H54Cl2Zr-2. The van der Waals surface area contributed by atoms with Gasteiger partial charge in [0.2, 0.25) is 0 Å². The summed E-state index contributed by atoms with van der Waals surface area (Å²) in [5.74, 6) is 3.17. The molecule has 2 aromatic rings. The Kier molecular flexibility index (Phi) is 11.8. The van der Waals surface area contributed by atoms with Crippen molar-refractivity contribution in [1.29, 1.82) is 0 Å². The number of rotatable bonds is 1. The van der Waals surface area contributed by atoms with Gasteiger partial charge in [-0.15, -0.1) is 5.56 Å². The first-order chi connectivity index (χ1) is 19.5. The third-order valence-corrected chi connectivity index (χ3v) is 10.8.